The van der Waals surface area contributed by atoms with E-state index in [0.717, 1.165) is 5.56 Å². The van der Waals surface area contributed by atoms with Gasteiger partial charge in [-0.15, -0.1) is 0 Å². The van der Waals surface area contributed by atoms with Gasteiger partial charge in [-0.2, -0.15) is 0 Å². The molecule has 0 saturated carbocycles. The second-order valence-electron chi connectivity index (χ2n) is 6.81. The van der Waals surface area contributed by atoms with Gasteiger partial charge in [-0.25, -0.2) is 8.42 Å². The summed E-state index contributed by atoms with van der Waals surface area (Å²) >= 11 is 0. The van der Waals surface area contributed by atoms with Gasteiger partial charge in [-0.05, 0) is 38.1 Å². The molecule has 1 aliphatic heterocycles. The zero-order valence-corrected chi connectivity index (χ0v) is 16.9. The van der Waals surface area contributed by atoms with Crippen molar-refractivity contribution in [2.45, 2.75) is 31.3 Å². The SMILES string of the molecule is CCN(CC1COc2ccccc2O1)C(=O)CCS(=O)(=O)c1ccc(C)cc1. The van der Waals surface area contributed by atoms with Crippen molar-refractivity contribution in [1.82, 2.24) is 4.90 Å². The summed E-state index contributed by atoms with van der Waals surface area (Å²) in [5.41, 5.74) is 0.989. The first-order chi connectivity index (χ1) is 13.4. The fourth-order valence-corrected chi connectivity index (χ4v) is 4.28. The summed E-state index contributed by atoms with van der Waals surface area (Å²) in [7, 11) is -3.49. The lowest BCUT2D eigenvalue weighted by atomic mass is 10.2. The highest BCUT2D eigenvalue weighted by atomic mass is 32.2. The van der Waals surface area contributed by atoms with Gasteiger partial charge in [-0.1, -0.05) is 29.8 Å². The quantitative estimate of drug-likeness (QED) is 0.711. The van der Waals surface area contributed by atoms with Crippen LogP contribution < -0.4 is 9.47 Å². The molecule has 0 N–H and O–H groups in total. The molecular formula is C21H25NO5S. The summed E-state index contributed by atoms with van der Waals surface area (Å²) in [6.07, 6.45) is -0.346. The first-order valence-electron chi connectivity index (χ1n) is 9.34. The summed E-state index contributed by atoms with van der Waals surface area (Å²) in [4.78, 5) is 14.5. The zero-order valence-electron chi connectivity index (χ0n) is 16.1. The number of sulfone groups is 1. The van der Waals surface area contributed by atoms with Crippen molar-refractivity contribution in [1.29, 1.82) is 0 Å². The lowest BCUT2D eigenvalue weighted by molar-refractivity contribution is -0.132. The lowest BCUT2D eigenvalue weighted by Gasteiger charge is -2.31. The van der Waals surface area contributed by atoms with Crippen molar-refractivity contribution < 1.29 is 22.7 Å². The number of para-hydroxylation sites is 2. The summed E-state index contributed by atoms with van der Waals surface area (Å²) < 4.78 is 36.5. The first-order valence-corrected chi connectivity index (χ1v) is 11.0. The van der Waals surface area contributed by atoms with E-state index < -0.39 is 9.84 Å². The molecule has 3 rings (SSSR count). The number of carbonyl (C=O) groups is 1. The Hall–Kier alpha value is -2.54. The Bertz CT molecular complexity index is 924. The molecule has 0 aromatic heterocycles. The monoisotopic (exact) mass is 403 g/mol. The smallest absolute Gasteiger partial charge is 0.223 e. The Balaban J connectivity index is 1.57. The van der Waals surface area contributed by atoms with Crippen LogP contribution in [0.2, 0.25) is 0 Å². The fraction of sp³-hybridized carbons (Fsp3) is 0.381. The third-order valence-corrected chi connectivity index (χ3v) is 6.42. The highest BCUT2D eigenvalue weighted by Gasteiger charge is 2.25. The largest absolute Gasteiger partial charge is 0.486 e. The first kappa shape index (κ1) is 20.2. The van der Waals surface area contributed by atoms with E-state index in [1.165, 1.54) is 0 Å². The van der Waals surface area contributed by atoms with Crippen molar-refractivity contribution in [3.05, 3.63) is 54.1 Å². The standard InChI is InChI=1S/C21H25NO5S/c1-3-22(14-17-15-26-19-6-4-5-7-20(19)27-17)21(23)12-13-28(24,25)18-10-8-16(2)9-11-18/h4-11,17H,3,12-15H2,1-2H3. The van der Waals surface area contributed by atoms with Gasteiger partial charge >= 0.3 is 0 Å². The van der Waals surface area contributed by atoms with Crippen LogP contribution in [-0.4, -0.2) is 50.8 Å². The number of hydrogen-bond acceptors (Lipinski definition) is 5. The van der Waals surface area contributed by atoms with Crippen molar-refractivity contribution in [2.75, 3.05) is 25.4 Å². The van der Waals surface area contributed by atoms with Crippen molar-refractivity contribution in [3.8, 4) is 11.5 Å². The van der Waals surface area contributed by atoms with Crippen LogP contribution in [0.25, 0.3) is 0 Å². The summed E-state index contributed by atoms with van der Waals surface area (Å²) in [5.74, 6) is 0.929. The number of rotatable bonds is 7. The molecular weight excluding hydrogens is 378 g/mol. The number of hydrogen-bond donors (Lipinski definition) is 0. The summed E-state index contributed by atoms with van der Waals surface area (Å²) in [6, 6.07) is 14.1. The van der Waals surface area contributed by atoms with Crippen molar-refractivity contribution in [3.63, 3.8) is 0 Å². The molecule has 28 heavy (non-hydrogen) atoms. The predicted molar refractivity (Wildman–Crippen MR) is 106 cm³/mol. The van der Waals surface area contributed by atoms with Crippen LogP contribution in [0.4, 0.5) is 0 Å². The molecule has 7 heteroatoms. The van der Waals surface area contributed by atoms with E-state index in [9.17, 15) is 13.2 Å². The van der Waals surface area contributed by atoms with E-state index in [1.807, 2.05) is 38.1 Å². The minimum absolute atomic E-state index is 0.0613. The Labute approximate surface area is 166 Å². The topological polar surface area (TPSA) is 72.9 Å². The molecule has 150 valence electrons. The van der Waals surface area contributed by atoms with Gasteiger partial charge in [0.25, 0.3) is 0 Å². The van der Waals surface area contributed by atoms with E-state index in [1.54, 1.807) is 29.2 Å². The number of likely N-dealkylation sites (N-methyl/N-ethyl adjacent to an activating group) is 1. The van der Waals surface area contributed by atoms with Gasteiger partial charge in [0.05, 0.1) is 17.2 Å². The average molecular weight is 404 g/mol. The van der Waals surface area contributed by atoms with Crippen LogP contribution in [0.1, 0.15) is 18.9 Å². The second kappa shape index (κ2) is 8.65. The van der Waals surface area contributed by atoms with Gasteiger partial charge in [-0.3, -0.25) is 4.79 Å². The number of ether oxygens (including phenoxy) is 2. The van der Waals surface area contributed by atoms with E-state index in [-0.39, 0.29) is 29.1 Å². The van der Waals surface area contributed by atoms with Crippen molar-refractivity contribution in [2.24, 2.45) is 0 Å². The number of aryl methyl sites for hydroxylation is 1. The van der Waals surface area contributed by atoms with Crippen LogP contribution in [0.5, 0.6) is 11.5 Å². The van der Waals surface area contributed by atoms with Crippen LogP contribution in [-0.2, 0) is 14.6 Å². The van der Waals surface area contributed by atoms with Crippen LogP contribution >= 0.6 is 0 Å². The Morgan fingerprint density at radius 2 is 1.79 bits per heavy atom. The second-order valence-corrected chi connectivity index (χ2v) is 8.92. The maximum Gasteiger partial charge on any atom is 0.223 e. The third kappa shape index (κ3) is 4.84. The molecule has 6 nitrogen and oxygen atoms in total. The van der Waals surface area contributed by atoms with E-state index in [2.05, 4.69) is 0 Å². The number of benzene rings is 2. The van der Waals surface area contributed by atoms with Gasteiger partial charge in [0, 0.05) is 13.0 Å². The fourth-order valence-electron chi connectivity index (χ4n) is 3.05. The highest BCUT2D eigenvalue weighted by Crippen LogP contribution is 2.31. The molecule has 1 aliphatic rings. The molecule has 0 fully saturated rings. The number of carbonyl (C=O) groups excluding carboxylic acids is 1. The van der Waals surface area contributed by atoms with E-state index in [4.69, 9.17) is 9.47 Å². The molecule has 0 saturated heterocycles. The molecule has 1 heterocycles. The maximum atomic E-state index is 12.6. The lowest BCUT2D eigenvalue weighted by Crippen LogP contribution is -2.44. The minimum atomic E-state index is -3.49. The van der Waals surface area contributed by atoms with Crippen LogP contribution in [0.3, 0.4) is 0 Å². The normalized spacial score (nSPS) is 15.9. The molecule has 0 spiro atoms. The van der Waals surface area contributed by atoms with Gasteiger partial charge in [0.1, 0.15) is 6.61 Å². The van der Waals surface area contributed by atoms with Crippen LogP contribution in [0, 0.1) is 6.92 Å². The van der Waals surface area contributed by atoms with Crippen LogP contribution in [0.15, 0.2) is 53.4 Å². The van der Waals surface area contributed by atoms with Gasteiger partial charge in [0.2, 0.25) is 5.91 Å². The predicted octanol–water partition coefficient (Wildman–Crippen LogP) is 2.85. The van der Waals surface area contributed by atoms with E-state index >= 15 is 0 Å². The average Bonchev–Trinajstić information content (AvgIpc) is 2.70. The highest BCUT2D eigenvalue weighted by molar-refractivity contribution is 7.91. The molecule has 2 aromatic carbocycles. The molecule has 0 radical (unpaired) electrons. The Kier molecular flexibility index (Phi) is 6.24. The summed E-state index contributed by atoms with van der Waals surface area (Å²) in [5, 5.41) is 0. The number of nitrogens with zero attached hydrogens (tertiary/aromatic N) is 1. The van der Waals surface area contributed by atoms with Crippen molar-refractivity contribution >= 4 is 15.7 Å². The van der Waals surface area contributed by atoms with Gasteiger partial charge in [0.15, 0.2) is 27.4 Å². The molecule has 1 atom stereocenters. The third-order valence-electron chi connectivity index (χ3n) is 4.69. The Morgan fingerprint density at radius 1 is 1.11 bits per heavy atom. The molecule has 1 amide bonds. The molecule has 2 aromatic rings. The van der Waals surface area contributed by atoms with E-state index in [0.29, 0.717) is 31.2 Å². The number of fused-ring (bicyclic) bond motifs is 1. The summed E-state index contributed by atoms with van der Waals surface area (Å²) in [6.45, 7) is 4.94. The Morgan fingerprint density at radius 3 is 2.46 bits per heavy atom. The maximum absolute atomic E-state index is 12.6. The molecule has 0 aliphatic carbocycles. The number of amides is 1. The van der Waals surface area contributed by atoms with Gasteiger partial charge < -0.3 is 14.4 Å². The molecule has 1 unspecified atom stereocenters. The molecule has 0 bridgehead atoms. The zero-order chi connectivity index (χ0) is 20.1. The minimum Gasteiger partial charge on any atom is -0.486 e.